The maximum atomic E-state index is 5.29. The average molecular weight is 1450 g/mol. The Balaban J connectivity index is 0.579. The first kappa shape index (κ1) is 69.2. The van der Waals surface area contributed by atoms with E-state index in [4.69, 9.17) is 29.9 Å². The molecule has 0 radical (unpaired) electrons. The van der Waals surface area contributed by atoms with Crippen molar-refractivity contribution in [3.8, 4) is 202 Å². The summed E-state index contributed by atoms with van der Waals surface area (Å²) in [5, 5.41) is 0. The first-order chi connectivity index (χ1) is 56.4. The molecule has 114 heavy (non-hydrogen) atoms. The van der Waals surface area contributed by atoms with Crippen molar-refractivity contribution in [1.29, 1.82) is 0 Å². The highest BCUT2D eigenvalue weighted by molar-refractivity contribution is 5.84. The number of hydrogen-bond acceptors (Lipinski definition) is 6. The van der Waals surface area contributed by atoms with Crippen LogP contribution in [0.15, 0.2) is 437 Å². The van der Waals surface area contributed by atoms with Crippen molar-refractivity contribution in [3.63, 3.8) is 0 Å². The van der Waals surface area contributed by atoms with Gasteiger partial charge in [-0.2, -0.15) is 0 Å². The van der Waals surface area contributed by atoms with Gasteiger partial charge in [-0.25, -0.2) is 29.9 Å². The lowest BCUT2D eigenvalue weighted by Crippen LogP contribution is -2.00. The van der Waals surface area contributed by atoms with Crippen LogP contribution < -0.4 is 0 Å². The highest BCUT2D eigenvalue weighted by Crippen LogP contribution is 2.39. The third-order valence-electron chi connectivity index (χ3n) is 21.2. The van der Waals surface area contributed by atoms with Gasteiger partial charge in [0, 0.05) is 33.4 Å². The van der Waals surface area contributed by atoms with Crippen molar-refractivity contribution in [3.05, 3.63) is 437 Å². The fourth-order valence-electron chi connectivity index (χ4n) is 15.1. The summed E-state index contributed by atoms with van der Waals surface area (Å²) in [4.78, 5) is 31.6. The van der Waals surface area contributed by atoms with Crippen LogP contribution >= 0.6 is 0 Å². The number of hydrogen-bond donors (Lipinski definition) is 0. The van der Waals surface area contributed by atoms with Crippen molar-refractivity contribution >= 4 is 0 Å². The number of aromatic nitrogens is 6. The molecule has 0 unspecified atom stereocenters. The van der Waals surface area contributed by atoms with Gasteiger partial charge in [-0.3, -0.25) is 0 Å². The van der Waals surface area contributed by atoms with Crippen molar-refractivity contribution in [1.82, 2.24) is 29.9 Å². The van der Waals surface area contributed by atoms with Crippen LogP contribution in [0.1, 0.15) is 0 Å². The second-order valence-corrected chi connectivity index (χ2v) is 28.6. The summed E-state index contributed by atoms with van der Waals surface area (Å²) in [6, 6.07) is 155. The van der Waals surface area contributed by atoms with Gasteiger partial charge in [0.1, 0.15) is 0 Å². The third kappa shape index (κ3) is 15.1. The van der Waals surface area contributed by atoms with E-state index in [1.54, 1.807) is 0 Å². The second kappa shape index (κ2) is 31.4. The van der Waals surface area contributed by atoms with E-state index < -0.39 is 0 Å². The molecule has 0 bridgehead atoms. The van der Waals surface area contributed by atoms with Crippen LogP contribution in [0.3, 0.4) is 0 Å². The Bertz CT molecular complexity index is 6500. The van der Waals surface area contributed by atoms with Gasteiger partial charge in [0.25, 0.3) is 0 Å². The first-order valence-corrected chi connectivity index (χ1v) is 38.5. The van der Waals surface area contributed by atoms with Crippen LogP contribution in [-0.4, -0.2) is 29.9 Å². The summed E-state index contributed by atoms with van der Waals surface area (Å²) in [5.41, 5.74) is 32.3. The smallest absolute Gasteiger partial charge is 0.164 e. The van der Waals surface area contributed by atoms with Gasteiger partial charge in [-0.1, -0.05) is 388 Å². The van der Waals surface area contributed by atoms with E-state index in [1.165, 1.54) is 33.4 Å². The molecule has 6 heteroatoms. The number of benzene rings is 17. The van der Waals surface area contributed by atoms with Crippen molar-refractivity contribution < 1.29 is 0 Å². The Morgan fingerprint density at radius 1 is 0.0789 bits per heavy atom. The van der Waals surface area contributed by atoms with E-state index in [1.807, 2.05) is 24.3 Å². The van der Waals surface area contributed by atoms with Gasteiger partial charge in [0.2, 0.25) is 0 Å². The molecule has 0 fully saturated rings. The molecule has 0 amide bonds. The molecule has 0 saturated heterocycles. The normalized spacial score (nSPS) is 11.2. The predicted molar refractivity (Wildman–Crippen MR) is 471 cm³/mol. The molecule has 0 aliphatic carbocycles. The average Bonchev–Trinajstić information content (AvgIpc) is 0.791. The Morgan fingerprint density at radius 2 is 0.175 bits per heavy atom. The number of rotatable bonds is 18. The zero-order valence-electron chi connectivity index (χ0n) is 62.3. The van der Waals surface area contributed by atoms with Crippen LogP contribution in [0, 0.1) is 0 Å². The fraction of sp³-hybridized carbons (Fsp3) is 0. The van der Waals surface area contributed by atoms with Crippen LogP contribution in [0.5, 0.6) is 0 Å². The van der Waals surface area contributed by atoms with Crippen molar-refractivity contribution in [2.45, 2.75) is 0 Å². The molecule has 2 aromatic heterocycles. The molecular formula is C108H72N6. The van der Waals surface area contributed by atoms with Crippen LogP contribution in [0.4, 0.5) is 0 Å². The molecule has 534 valence electrons. The van der Waals surface area contributed by atoms with Crippen molar-refractivity contribution in [2.75, 3.05) is 0 Å². The minimum Gasteiger partial charge on any atom is -0.208 e. The van der Waals surface area contributed by atoms with E-state index in [-0.39, 0.29) is 0 Å². The molecule has 0 spiro atoms. The highest BCUT2D eigenvalue weighted by Gasteiger charge is 2.19. The van der Waals surface area contributed by atoms with Gasteiger partial charge in [-0.05, 0) is 182 Å². The number of nitrogens with zero attached hydrogens (tertiary/aromatic N) is 6. The SMILES string of the molecule is c1ccc(-c2ccc(-c3cccc(-c4nc(-c5cccc(-c6ccccc6)c5)nc(-c5cccc(-c6ccc(-c7cccc(-c8cccc(-c9ccc(-c%10cccc(-c%11nc(-c%12cccc(-c%13ccc(-c%14ccccc%14)cc%13)c%12)nc(-c%12cccc(-c%13ccc(-c%14ccccc%14)cc%13)c%12)n%11)c%10)cc9)c8)c7)cc6)c5)n4)c3)cc2)cc1. The molecule has 0 aliphatic rings. The van der Waals surface area contributed by atoms with Gasteiger partial charge in [-0.15, -0.1) is 0 Å². The van der Waals surface area contributed by atoms with Gasteiger partial charge < -0.3 is 0 Å². The van der Waals surface area contributed by atoms with Gasteiger partial charge >= 0.3 is 0 Å². The lowest BCUT2D eigenvalue weighted by atomic mass is 9.94. The fourth-order valence-corrected chi connectivity index (χ4v) is 15.1. The largest absolute Gasteiger partial charge is 0.208 e. The molecule has 19 rings (SSSR count). The minimum absolute atomic E-state index is 0.590. The topological polar surface area (TPSA) is 77.3 Å². The van der Waals surface area contributed by atoms with Gasteiger partial charge in [0.15, 0.2) is 34.9 Å². The molecule has 19 aromatic rings. The van der Waals surface area contributed by atoms with E-state index in [0.29, 0.717) is 34.9 Å². The van der Waals surface area contributed by atoms with Crippen LogP contribution in [-0.2, 0) is 0 Å². The molecule has 6 nitrogen and oxygen atoms in total. The zero-order chi connectivity index (χ0) is 75.9. The summed E-state index contributed by atoms with van der Waals surface area (Å²) < 4.78 is 0. The van der Waals surface area contributed by atoms with E-state index >= 15 is 0 Å². The lowest BCUT2D eigenvalue weighted by Gasteiger charge is -2.12. The third-order valence-corrected chi connectivity index (χ3v) is 21.2. The second-order valence-electron chi connectivity index (χ2n) is 28.6. The molecule has 17 aromatic carbocycles. The predicted octanol–water partition coefficient (Wildman–Crippen LogP) is 28.1. The van der Waals surface area contributed by atoms with E-state index in [0.717, 1.165) is 134 Å². The summed E-state index contributed by atoms with van der Waals surface area (Å²) in [6.45, 7) is 0. The maximum absolute atomic E-state index is 5.29. The van der Waals surface area contributed by atoms with Gasteiger partial charge in [0.05, 0.1) is 0 Å². The quantitative estimate of drug-likeness (QED) is 0.0852. The van der Waals surface area contributed by atoms with E-state index in [9.17, 15) is 0 Å². The summed E-state index contributed by atoms with van der Waals surface area (Å²) in [7, 11) is 0. The maximum Gasteiger partial charge on any atom is 0.164 e. The Labute approximate surface area is 664 Å². The van der Waals surface area contributed by atoms with Crippen LogP contribution in [0.25, 0.3) is 202 Å². The Hall–Kier alpha value is -15.2. The molecule has 0 aliphatic heterocycles. The summed E-state index contributed by atoms with van der Waals surface area (Å²) in [6.07, 6.45) is 0. The molecule has 0 saturated carbocycles. The standard InChI is InChI=1S/C108H72N6/c1-5-21-73(22-6-1)77-45-51-82(52-46-77)90-32-16-40-98(68-90)104-109-103(97-39-15-31-89(67-97)76-27-11-4-12-28-76)110-105(111-104)101-43-19-35-93(71-101)85-61-57-80(58-62-85)87-29-13-37-95(65-87)96-38-14-30-88(66-96)81-59-63-86(64-60-81)94-36-20-44-102(72-94)108-113-106(99-41-17-33-91(69-99)83-53-47-78(48-54-83)74-23-7-2-8-24-74)112-107(114-108)100-42-18-34-92(70-100)84-55-49-79(50-56-84)75-25-9-3-10-26-75/h1-72H. The summed E-state index contributed by atoms with van der Waals surface area (Å²) in [5.74, 6) is 3.58. The monoisotopic (exact) mass is 1450 g/mol. The lowest BCUT2D eigenvalue weighted by molar-refractivity contribution is 1.07. The highest BCUT2D eigenvalue weighted by atomic mass is 15.0. The Morgan fingerprint density at radius 3 is 0.333 bits per heavy atom. The van der Waals surface area contributed by atoms with Crippen molar-refractivity contribution in [2.24, 2.45) is 0 Å². The molecule has 2 heterocycles. The van der Waals surface area contributed by atoms with E-state index in [2.05, 4.69) is 413 Å². The molecular weight excluding hydrogens is 1380 g/mol. The zero-order valence-corrected chi connectivity index (χ0v) is 62.3. The summed E-state index contributed by atoms with van der Waals surface area (Å²) >= 11 is 0. The first-order valence-electron chi connectivity index (χ1n) is 38.5. The van der Waals surface area contributed by atoms with Crippen LogP contribution in [0.2, 0.25) is 0 Å². The minimum atomic E-state index is 0.590. The molecule has 0 atom stereocenters. The Kier molecular flexibility index (Phi) is 19.1. The molecule has 0 N–H and O–H groups in total.